The smallest absolute Gasteiger partial charge is 0.226 e. The third-order valence-electron chi connectivity index (χ3n) is 4.80. The highest BCUT2D eigenvalue weighted by Crippen LogP contribution is 2.26. The number of nitrogens with zero attached hydrogens (tertiary/aromatic N) is 3. The number of carbonyl (C=O) groups is 1. The van der Waals surface area contributed by atoms with E-state index in [0.717, 1.165) is 33.3 Å². The van der Waals surface area contributed by atoms with Gasteiger partial charge >= 0.3 is 0 Å². The van der Waals surface area contributed by atoms with Crippen LogP contribution in [0.2, 0.25) is 0 Å². The van der Waals surface area contributed by atoms with Crippen LogP contribution in [0.25, 0.3) is 16.3 Å². The molecular formula is C23H22N4O2S. The van der Waals surface area contributed by atoms with Crippen LogP contribution in [0.15, 0.2) is 72.6 Å². The number of benzene rings is 2. The Morgan fingerprint density at radius 1 is 1.17 bits per heavy atom. The first-order valence-corrected chi connectivity index (χ1v) is 10.5. The minimum absolute atomic E-state index is 0.0484. The largest absolute Gasteiger partial charge is 0.497 e. The number of aromatic nitrogens is 3. The normalized spacial score (nSPS) is 11.8. The van der Waals surface area contributed by atoms with Gasteiger partial charge in [0.1, 0.15) is 10.8 Å². The Kier molecular flexibility index (Phi) is 5.90. The van der Waals surface area contributed by atoms with Crippen molar-refractivity contribution in [3.8, 4) is 22.0 Å². The molecule has 0 fully saturated rings. The van der Waals surface area contributed by atoms with Crippen LogP contribution >= 0.6 is 11.3 Å². The van der Waals surface area contributed by atoms with Gasteiger partial charge in [0.15, 0.2) is 0 Å². The number of carbonyl (C=O) groups excluding carboxylic acids is 1. The second-order valence-corrected chi connectivity index (χ2v) is 7.76. The quantitative estimate of drug-likeness (QED) is 0.482. The summed E-state index contributed by atoms with van der Waals surface area (Å²) in [6.45, 7) is 1.98. The Hall–Kier alpha value is -3.45. The van der Waals surface area contributed by atoms with Crippen molar-refractivity contribution in [1.29, 1.82) is 0 Å². The Labute approximate surface area is 179 Å². The SMILES string of the molecule is COc1ccc(-c2nc(CC(=O)NC(C)c3ccc(-n4ccnc4)cc3)cs2)cc1. The van der Waals surface area contributed by atoms with Crippen molar-refractivity contribution < 1.29 is 9.53 Å². The third-order valence-corrected chi connectivity index (χ3v) is 5.74. The van der Waals surface area contributed by atoms with Gasteiger partial charge in [-0.1, -0.05) is 12.1 Å². The zero-order chi connectivity index (χ0) is 20.9. The van der Waals surface area contributed by atoms with Gasteiger partial charge in [0, 0.05) is 29.0 Å². The number of ether oxygens (including phenoxy) is 1. The highest BCUT2D eigenvalue weighted by molar-refractivity contribution is 7.13. The van der Waals surface area contributed by atoms with Gasteiger partial charge in [-0.2, -0.15) is 0 Å². The predicted molar refractivity (Wildman–Crippen MR) is 118 cm³/mol. The molecule has 4 aromatic rings. The fourth-order valence-electron chi connectivity index (χ4n) is 3.14. The number of methoxy groups -OCH3 is 1. The van der Waals surface area contributed by atoms with Gasteiger partial charge in [0.2, 0.25) is 5.91 Å². The van der Waals surface area contributed by atoms with Gasteiger partial charge in [-0.05, 0) is 48.9 Å². The highest BCUT2D eigenvalue weighted by atomic mass is 32.1. The van der Waals surface area contributed by atoms with E-state index in [2.05, 4.69) is 15.3 Å². The fraction of sp³-hybridized carbons (Fsp3) is 0.174. The van der Waals surface area contributed by atoms with E-state index >= 15 is 0 Å². The van der Waals surface area contributed by atoms with Gasteiger partial charge in [-0.15, -0.1) is 11.3 Å². The van der Waals surface area contributed by atoms with Crippen LogP contribution in [0.4, 0.5) is 0 Å². The van der Waals surface area contributed by atoms with Crippen molar-refractivity contribution in [2.24, 2.45) is 0 Å². The fourth-order valence-corrected chi connectivity index (χ4v) is 3.97. The summed E-state index contributed by atoms with van der Waals surface area (Å²) in [6.07, 6.45) is 5.65. The lowest BCUT2D eigenvalue weighted by Crippen LogP contribution is -2.28. The Morgan fingerprint density at radius 3 is 2.60 bits per heavy atom. The minimum atomic E-state index is -0.0889. The predicted octanol–water partition coefficient (Wildman–Crippen LogP) is 4.42. The molecule has 2 heterocycles. The van der Waals surface area contributed by atoms with Crippen LogP contribution in [0.1, 0.15) is 24.2 Å². The summed E-state index contributed by atoms with van der Waals surface area (Å²) < 4.78 is 7.13. The molecule has 1 unspecified atom stereocenters. The molecule has 0 aliphatic heterocycles. The number of thiazole rings is 1. The number of amides is 1. The van der Waals surface area contributed by atoms with Crippen LogP contribution in [0, 0.1) is 0 Å². The van der Waals surface area contributed by atoms with Crippen molar-refractivity contribution >= 4 is 17.2 Å². The molecule has 30 heavy (non-hydrogen) atoms. The number of hydrogen-bond donors (Lipinski definition) is 1. The molecule has 0 aliphatic rings. The average molecular weight is 419 g/mol. The lowest BCUT2D eigenvalue weighted by molar-refractivity contribution is -0.121. The maximum Gasteiger partial charge on any atom is 0.226 e. The van der Waals surface area contributed by atoms with Crippen LogP contribution < -0.4 is 10.1 Å². The standard InChI is InChI=1S/C23H22N4O2S/c1-16(17-3-7-20(8-4-17)27-12-11-24-15-27)25-22(28)13-19-14-30-23(26-19)18-5-9-21(29-2)10-6-18/h3-12,14-16H,13H2,1-2H3,(H,25,28). The van der Waals surface area contributed by atoms with Crippen molar-refractivity contribution in [2.75, 3.05) is 7.11 Å². The van der Waals surface area contributed by atoms with Gasteiger partial charge in [0.25, 0.3) is 0 Å². The maximum absolute atomic E-state index is 12.5. The number of imidazole rings is 1. The van der Waals surface area contributed by atoms with Crippen molar-refractivity contribution in [3.63, 3.8) is 0 Å². The van der Waals surface area contributed by atoms with Gasteiger partial charge in [0.05, 0.1) is 31.6 Å². The molecule has 1 amide bonds. The van der Waals surface area contributed by atoms with E-state index in [1.165, 1.54) is 11.3 Å². The summed E-state index contributed by atoms with van der Waals surface area (Å²) in [5.41, 5.74) is 3.86. The van der Waals surface area contributed by atoms with Crippen molar-refractivity contribution in [3.05, 3.63) is 83.9 Å². The zero-order valence-corrected chi connectivity index (χ0v) is 17.6. The lowest BCUT2D eigenvalue weighted by atomic mass is 10.1. The van der Waals surface area contributed by atoms with E-state index in [1.54, 1.807) is 19.6 Å². The molecule has 6 nitrogen and oxygen atoms in total. The summed E-state index contributed by atoms with van der Waals surface area (Å²) in [6, 6.07) is 15.7. The molecule has 0 aliphatic carbocycles. The van der Waals surface area contributed by atoms with Gasteiger partial charge in [-0.25, -0.2) is 9.97 Å². The Morgan fingerprint density at radius 2 is 1.93 bits per heavy atom. The second-order valence-electron chi connectivity index (χ2n) is 6.90. The number of rotatable bonds is 7. The van der Waals surface area contributed by atoms with E-state index in [1.807, 2.05) is 71.6 Å². The van der Waals surface area contributed by atoms with E-state index in [-0.39, 0.29) is 18.4 Å². The monoisotopic (exact) mass is 418 g/mol. The summed E-state index contributed by atoms with van der Waals surface area (Å²) >= 11 is 1.53. The molecular weight excluding hydrogens is 396 g/mol. The minimum Gasteiger partial charge on any atom is -0.497 e. The third kappa shape index (κ3) is 4.58. The van der Waals surface area contributed by atoms with Gasteiger partial charge in [-0.3, -0.25) is 4.79 Å². The Balaban J connectivity index is 1.35. The van der Waals surface area contributed by atoms with Crippen LogP contribution in [-0.4, -0.2) is 27.6 Å². The van der Waals surface area contributed by atoms with Gasteiger partial charge < -0.3 is 14.6 Å². The summed E-state index contributed by atoms with van der Waals surface area (Å²) in [5, 5.41) is 5.88. The first-order chi connectivity index (χ1) is 14.6. The molecule has 0 radical (unpaired) electrons. The van der Waals surface area contributed by atoms with E-state index in [0.29, 0.717) is 0 Å². The van der Waals surface area contributed by atoms with Crippen molar-refractivity contribution in [2.45, 2.75) is 19.4 Å². The van der Waals surface area contributed by atoms with Crippen LogP contribution in [-0.2, 0) is 11.2 Å². The first kappa shape index (κ1) is 19.8. The lowest BCUT2D eigenvalue weighted by Gasteiger charge is -2.14. The summed E-state index contributed by atoms with van der Waals surface area (Å²) in [5.74, 6) is 0.759. The summed E-state index contributed by atoms with van der Waals surface area (Å²) in [4.78, 5) is 21.2. The number of hydrogen-bond acceptors (Lipinski definition) is 5. The van der Waals surface area contributed by atoms with E-state index < -0.39 is 0 Å². The molecule has 1 atom stereocenters. The molecule has 0 saturated heterocycles. The summed E-state index contributed by atoms with van der Waals surface area (Å²) in [7, 11) is 1.64. The molecule has 2 aromatic carbocycles. The van der Waals surface area contributed by atoms with Crippen LogP contribution in [0.5, 0.6) is 5.75 Å². The second kappa shape index (κ2) is 8.92. The highest BCUT2D eigenvalue weighted by Gasteiger charge is 2.13. The molecule has 2 aromatic heterocycles. The molecule has 152 valence electrons. The average Bonchev–Trinajstić information content (AvgIpc) is 3.46. The number of nitrogens with one attached hydrogen (secondary N) is 1. The maximum atomic E-state index is 12.5. The van der Waals surface area contributed by atoms with Crippen LogP contribution in [0.3, 0.4) is 0 Å². The molecule has 0 spiro atoms. The molecule has 0 saturated carbocycles. The van der Waals surface area contributed by atoms with E-state index in [4.69, 9.17) is 4.74 Å². The first-order valence-electron chi connectivity index (χ1n) is 9.59. The van der Waals surface area contributed by atoms with Crippen molar-refractivity contribution in [1.82, 2.24) is 19.9 Å². The molecule has 0 bridgehead atoms. The topological polar surface area (TPSA) is 69.0 Å². The molecule has 4 rings (SSSR count). The molecule has 7 heteroatoms. The Bertz CT molecular complexity index is 1100. The zero-order valence-electron chi connectivity index (χ0n) is 16.8. The van der Waals surface area contributed by atoms with E-state index in [9.17, 15) is 4.79 Å². The molecule has 1 N–H and O–H groups in total.